The van der Waals surface area contributed by atoms with Crippen molar-refractivity contribution in [2.75, 3.05) is 0 Å². The third-order valence-corrected chi connectivity index (χ3v) is 2.75. The van der Waals surface area contributed by atoms with Gasteiger partial charge >= 0.3 is 5.97 Å². The zero-order valence-corrected chi connectivity index (χ0v) is 11.2. The van der Waals surface area contributed by atoms with Crippen molar-refractivity contribution < 1.29 is 14.6 Å². The van der Waals surface area contributed by atoms with Crippen molar-refractivity contribution in [3.8, 4) is 0 Å². The summed E-state index contributed by atoms with van der Waals surface area (Å²) in [7, 11) is 0. The molecule has 0 N–H and O–H groups in total. The van der Waals surface area contributed by atoms with Crippen molar-refractivity contribution in [3.63, 3.8) is 0 Å². The molecule has 3 nitrogen and oxygen atoms in total. The van der Waals surface area contributed by atoms with E-state index in [0.29, 0.717) is 0 Å². The van der Waals surface area contributed by atoms with E-state index in [2.05, 4.69) is 0 Å². The van der Waals surface area contributed by atoms with Gasteiger partial charge in [0.25, 0.3) is 0 Å². The smallest absolute Gasteiger partial charge is 0.297 e. The molecule has 0 fully saturated rings. The fraction of sp³-hybridized carbons (Fsp3) is 0.917. The Morgan fingerprint density at radius 2 is 1.27 bits per heavy atom. The van der Waals surface area contributed by atoms with Crippen LogP contribution in [0.4, 0.5) is 0 Å². The van der Waals surface area contributed by atoms with Gasteiger partial charge in [-0.15, -0.1) is 0 Å². The Kier molecular flexibility index (Phi) is 3.97. The van der Waals surface area contributed by atoms with Gasteiger partial charge in [0.2, 0.25) is 0 Å². The first-order chi connectivity index (χ1) is 6.38. The quantitative estimate of drug-likeness (QED) is 0.524. The summed E-state index contributed by atoms with van der Waals surface area (Å²) < 4.78 is 0. The zero-order valence-electron chi connectivity index (χ0n) is 11.2. The molecule has 0 bridgehead atoms. The van der Waals surface area contributed by atoms with Crippen LogP contribution in [0.5, 0.6) is 0 Å². The van der Waals surface area contributed by atoms with E-state index >= 15 is 0 Å². The molecule has 0 aliphatic heterocycles. The molecule has 0 unspecified atom stereocenters. The summed E-state index contributed by atoms with van der Waals surface area (Å²) in [6.45, 7) is 15.3. The van der Waals surface area contributed by atoms with Gasteiger partial charge in [-0.3, -0.25) is 4.89 Å². The highest BCUT2D eigenvalue weighted by molar-refractivity contribution is 5.76. The molecule has 0 spiro atoms. The molecule has 0 aromatic heterocycles. The number of hydrogen-bond donors (Lipinski definition) is 0. The molecule has 0 saturated carbocycles. The van der Waals surface area contributed by atoms with Gasteiger partial charge in [-0.05, 0) is 40.0 Å². The first-order valence-electron chi connectivity index (χ1n) is 5.28. The number of carbonyl (C=O) groups is 1. The van der Waals surface area contributed by atoms with E-state index in [1.165, 1.54) is 0 Å². The summed E-state index contributed by atoms with van der Waals surface area (Å²) in [5.41, 5.74) is -1.20. The molecule has 0 saturated heterocycles. The Bertz CT molecular complexity index is 228. The lowest BCUT2D eigenvalue weighted by atomic mass is 9.69. The lowest BCUT2D eigenvalue weighted by molar-refractivity contribution is -0.328. The van der Waals surface area contributed by atoms with Crippen molar-refractivity contribution in [3.05, 3.63) is 0 Å². The Morgan fingerprint density at radius 3 is 1.53 bits per heavy atom. The van der Waals surface area contributed by atoms with Crippen LogP contribution in [-0.4, -0.2) is 11.6 Å². The van der Waals surface area contributed by atoms with Gasteiger partial charge in [-0.25, -0.2) is 4.79 Å². The number of carbonyl (C=O) groups excluding carboxylic acids is 1. The minimum atomic E-state index is -0.571. The van der Waals surface area contributed by atoms with Gasteiger partial charge in [-0.1, -0.05) is 20.8 Å². The standard InChI is InChI=1S/C12H24O3/c1-10(2,3)12(7,8)9(13)14-15-11(4,5)6/h1-8H3. The molecule has 0 heterocycles. The van der Waals surface area contributed by atoms with Crippen molar-refractivity contribution >= 4 is 5.97 Å². The summed E-state index contributed by atoms with van der Waals surface area (Å²) in [5.74, 6) is -0.329. The highest BCUT2D eigenvalue weighted by atomic mass is 17.2. The van der Waals surface area contributed by atoms with Gasteiger partial charge < -0.3 is 0 Å². The largest absolute Gasteiger partial charge is 0.348 e. The third-order valence-electron chi connectivity index (χ3n) is 2.75. The van der Waals surface area contributed by atoms with E-state index < -0.39 is 11.0 Å². The molecular formula is C12H24O3. The van der Waals surface area contributed by atoms with Gasteiger partial charge in [-0.2, -0.15) is 4.89 Å². The zero-order chi connectivity index (χ0) is 12.5. The molecule has 0 atom stereocenters. The fourth-order valence-corrected chi connectivity index (χ4v) is 0.573. The minimum Gasteiger partial charge on any atom is -0.297 e. The SMILES string of the molecule is CC(C)(C)OOC(=O)C(C)(C)C(C)(C)C. The first-order valence-corrected chi connectivity index (χ1v) is 5.28. The molecule has 0 aromatic rings. The molecular weight excluding hydrogens is 192 g/mol. The molecule has 0 radical (unpaired) electrons. The maximum absolute atomic E-state index is 11.8. The van der Waals surface area contributed by atoms with Crippen LogP contribution in [0.3, 0.4) is 0 Å². The number of hydrogen-bond acceptors (Lipinski definition) is 3. The Balaban J connectivity index is 4.47. The van der Waals surface area contributed by atoms with Crippen LogP contribution in [0.1, 0.15) is 55.4 Å². The average Bonchev–Trinajstić information content (AvgIpc) is 1.96. The summed E-state index contributed by atoms with van der Waals surface area (Å²) in [5, 5.41) is 0. The average molecular weight is 216 g/mol. The van der Waals surface area contributed by atoms with Crippen molar-refractivity contribution in [2.24, 2.45) is 10.8 Å². The topological polar surface area (TPSA) is 35.5 Å². The summed E-state index contributed by atoms with van der Waals surface area (Å²) in [4.78, 5) is 21.7. The van der Waals surface area contributed by atoms with Crippen LogP contribution < -0.4 is 0 Å². The van der Waals surface area contributed by atoms with E-state index in [1.807, 2.05) is 55.4 Å². The maximum Gasteiger partial charge on any atom is 0.348 e. The maximum atomic E-state index is 11.8. The Morgan fingerprint density at radius 1 is 0.867 bits per heavy atom. The molecule has 3 heteroatoms. The van der Waals surface area contributed by atoms with Crippen LogP contribution in [0.2, 0.25) is 0 Å². The minimum absolute atomic E-state index is 0.161. The molecule has 0 amide bonds. The summed E-state index contributed by atoms with van der Waals surface area (Å²) >= 11 is 0. The van der Waals surface area contributed by atoms with E-state index in [4.69, 9.17) is 9.78 Å². The summed E-state index contributed by atoms with van der Waals surface area (Å²) in [6, 6.07) is 0. The van der Waals surface area contributed by atoms with Crippen LogP contribution in [-0.2, 0) is 14.6 Å². The first kappa shape index (κ1) is 14.4. The molecule has 15 heavy (non-hydrogen) atoms. The van der Waals surface area contributed by atoms with Gasteiger partial charge in [0.15, 0.2) is 0 Å². The lowest BCUT2D eigenvalue weighted by Crippen LogP contribution is -2.40. The fourth-order valence-electron chi connectivity index (χ4n) is 0.573. The van der Waals surface area contributed by atoms with Crippen LogP contribution in [0, 0.1) is 10.8 Å². The van der Waals surface area contributed by atoms with Crippen molar-refractivity contribution in [2.45, 2.75) is 61.0 Å². The second-order valence-electron chi connectivity index (χ2n) is 6.44. The Labute approximate surface area is 93.1 Å². The van der Waals surface area contributed by atoms with Crippen LogP contribution in [0.15, 0.2) is 0 Å². The van der Waals surface area contributed by atoms with Gasteiger partial charge in [0.05, 0.1) is 5.41 Å². The highest BCUT2D eigenvalue weighted by Gasteiger charge is 2.42. The van der Waals surface area contributed by atoms with Gasteiger partial charge in [0, 0.05) is 0 Å². The van der Waals surface area contributed by atoms with Crippen LogP contribution in [0.25, 0.3) is 0 Å². The molecule has 0 rings (SSSR count). The van der Waals surface area contributed by atoms with Crippen molar-refractivity contribution in [1.29, 1.82) is 0 Å². The van der Waals surface area contributed by atoms with E-state index in [1.54, 1.807) is 0 Å². The predicted octanol–water partition coefficient (Wildman–Crippen LogP) is 3.33. The van der Waals surface area contributed by atoms with Crippen LogP contribution >= 0.6 is 0 Å². The van der Waals surface area contributed by atoms with E-state index in [-0.39, 0.29) is 11.4 Å². The second-order valence-corrected chi connectivity index (χ2v) is 6.44. The Hall–Kier alpha value is -0.570. The predicted molar refractivity (Wildman–Crippen MR) is 60.2 cm³/mol. The lowest BCUT2D eigenvalue weighted by Gasteiger charge is -2.36. The van der Waals surface area contributed by atoms with E-state index in [9.17, 15) is 4.79 Å². The summed E-state index contributed by atoms with van der Waals surface area (Å²) in [6.07, 6.45) is 0. The molecule has 0 aliphatic carbocycles. The molecule has 0 aromatic carbocycles. The van der Waals surface area contributed by atoms with Gasteiger partial charge in [0.1, 0.15) is 5.60 Å². The number of rotatable bonds is 2. The third kappa shape index (κ3) is 4.20. The molecule has 0 aliphatic rings. The highest BCUT2D eigenvalue weighted by Crippen LogP contribution is 2.39. The normalized spacial score (nSPS) is 13.9. The monoisotopic (exact) mass is 216 g/mol. The van der Waals surface area contributed by atoms with E-state index in [0.717, 1.165) is 0 Å². The second kappa shape index (κ2) is 4.12. The molecule has 90 valence electrons. The van der Waals surface area contributed by atoms with Crippen molar-refractivity contribution in [1.82, 2.24) is 0 Å².